The van der Waals surface area contributed by atoms with Crippen LogP contribution < -0.4 is 0 Å². The van der Waals surface area contributed by atoms with E-state index >= 15 is 0 Å². The summed E-state index contributed by atoms with van der Waals surface area (Å²) in [4.78, 5) is 10.0. The zero-order valence-electron chi connectivity index (χ0n) is 11.8. The smallest absolute Gasteiger partial charge is 0.257 e. The summed E-state index contributed by atoms with van der Waals surface area (Å²) in [5.74, 6) is 0.490. The van der Waals surface area contributed by atoms with Gasteiger partial charge in [0.25, 0.3) is 8.05 Å². The Kier molecular flexibility index (Phi) is 4.30. The average Bonchev–Trinajstić information content (AvgIpc) is 3.02. The van der Waals surface area contributed by atoms with Crippen molar-refractivity contribution in [3.63, 3.8) is 0 Å². The third-order valence-electron chi connectivity index (χ3n) is 3.68. The molecule has 106 valence electrons. The molecule has 0 aromatic carbocycles. The lowest BCUT2D eigenvalue weighted by atomic mass is 10.0. The highest BCUT2D eigenvalue weighted by molar-refractivity contribution is 7.98. The van der Waals surface area contributed by atoms with Crippen LogP contribution in [0.5, 0.6) is 0 Å². The van der Waals surface area contributed by atoms with Crippen molar-refractivity contribution >= 4 is 42.1 Å². The van der Waals surface area contributed by atoms with E-state index in [2.05, 4.69) is 22.3 Å². The molecular weight excluding hydrogens is 291 g/mol. The van der Waals surface area contributed by atoms with Crippen molar-refractivity contribution in [2.24, 2.45) is 5.92 Å². The Morgan fingerprint density at radius 3 is 3.15 bits per heavy atom. The Hall–Kier alpha value is -0.625. The molecular formula is C13H17BN2O2S2. The lowest BCUT2D eigenvalue weighted by Crippen LogP contribution is -2.13. The monoisotopic (exact) mass is 308 g/mol. The topological polar surface area (TPSA) is 44.2 Å². The Morgan fingerprint density at radius 1 is 1.55 bits per heavy atom. The first-order chi connectivity index (χ1) is 9.74. The van der Waals surface area contributed by atoms with Crippen LogP contribution in [-0.4, -0.2) is 37.0 Å². The molecule has 20 heavy (non-hydrogen) atoms. The number of hydrogen-bond donors (Lipinski definition) is 0. The zero-order valence-corrected chi connectivity index (χ0v) is 13.5. The molecule has 1 aliphatic heterocycles. The van der Waals surface area contributed by atoms with Crippen LogP contribution in [0.3, 0.4) is 0 Å². The van der Waals surface area contributed by atoms with Crippen LogP contribution >= 0.6 is 23.1 Å². The number of ether oxygens (including phenoxy) is 1. The van der Waals surface area contributed by atoms with Gasteiger partial charge in [-0.05, 0) is 18.6 Å². The Balaban J connectivity index is 1.95. The molecule has 4 nitrogen and oxygen atoms in total. The predicted molar refractivity (Wildman–Crippen MR) is 85.1 cm³/mol. The molecule has 0 spiro atoms. The van der Waals surface area contributed by atoms with E-state index in [-0.39, 0.29) is 12.2 Å². The normalized spacial score (nSPS) is 26.4. The summed E-state index contributed by atoms with van der Waals surface area (Å²) in [7, 11) is 1.72. The third-order valence-corrected chi connectivity index (χ3v) is 5.42. The van der Waals surface area contributed by atoms with Gasteiger partial charge in [-0.25, -0.2) is 9.97 Å². The van der Waals surface area contributed by atoms with E-state index in [0.717, 1.165) is 22.3 Å². The minimum atomic E-state index is 0.127. The number of hydrogen-bond acceptors (Lipinski definition) is 6. The van der Waals surface area contributed by atoms with Gasteiger partial charge in [-0.15, -0.1) is 23.1 Å². The van der Waals surface area contributed by atoms with Gasteiger partial charge in [0.05, 0.1) is 29.2 Å². The Labute approximate surface area is 127 Å². The quantitative estimate of drug-likeness (QED) is 0.493. The number of thiophene rings is 1. The van der Waals surface area contributed by atoms with Gasteiger partial charge in [-0.2, -0.15) is 0 Å². The number of fused-ring (bicyclic) bond motifs is 1. The van der Waals surface area contributed by atoms with Crippen LogP contribution in [0.25, 0.3) is 10.9 Å². The van der Waals surface area contributed by atoms with Crippen LogP contribution in [-0.2, 0) is 9.39 Å². The van der Waals surface area contributed by atoms with Crippen molar-refractivity contribution in [2.45, 2.75) is 30.6 Å². The lowest BCUT2D eigenvalue weighted by molar-refractivity contribution is 0.0148. The SMILES string of the molecule is BOCC1CC(C)C(c2scc3c(SC)ncnc23)O1. The second-order valence-electron chi connectivity index (χ2n) is 5.09. The maximum absolute atomic E-state index is 6.16. The Morgan fingerprint density at radius 2 is 2.40 bits per heavy atom. The van der Waals surface area contributed by atoms with Gasteiger partial charge in [0, 0.05) is 10.8 Å². The molecule has 2 aromatic rings. The van der Waals surface area contributed by atoms with E-state index in [9.17, 15) is 0 Å². The fourth-order valence-electron chi connectivity index (χ4n) is 2.77. The van der Waals surface area contributed by atoms with Crippen LogP contribution in [0.1, 0.15) is 24.3 Å². The summed E-state index contributed by atoms with van der Waals surface area (Å²) in [5.41, 5.74) is 1.05. The van der Waals surface area contributed by atoms with Gasteiger partial charge < -0.3 is 9.39 Å². The molecule has 0 aliphatic carbocycles. The number of aromatic nitrogens is 2. The van der Waals surface area contributed by atoms with E-state index in [1.165, 1.54) is 4.88 Å². The number of nitrogens with zero attached hydrogens (tertiary/aromatic N) is 2. The minimum Gasteiger partial charge on any atom is -0.441 e. The molecule has 3 rings (SSSR count). The molecule has 0 radical (unpaired) electrons. The highest BCUT2D eigenvalue weighted by Gasteiger charge is 2.35. The van der Waals surface area contributed by atoms with E-state index in [0.29, 0.717) is 12.5 Å². The van der Waals surface area contributed by atoms with Crippen molar-refractivity contribution in [3.05, 3.63) is 16.6 Å². The van der Waals surface area contributed by atoms with Gasteiger partial charge in [-0.1, -0.05) is 6.92 Å². The maximum Gasteiger partial charge on any atom is 0.257 e. The first-order valence-corrected chi connectivity index (χ1v) is 8.75. The largest absolute Gasteiger partial charge is 0.441 e. The molecule has 3 heterocycles. The summed E-state index contributed by atoms with van der Waals surface area (Å²) in [6.07, 6.45) is 5.05. The predicted octanol–water partition coefficient (Wildman–Crippen LogP) is 2.44. The van der Waals surface area contributed by atoms with E-state index < -0.39 is 0 Å². The van der Waals surface area contributed by atoms with Crippen LogP contribution in [0.4, 0.5) is 0 Å². The second kappa shape index (κ2) is 6.01. The lowest BCUT2D eigenvalue weighted by Gasteiger charge is -2.14. The molecule has 0 N–H and O–H groups in total. The van der Waals surface area contributed by atoms with E-state index in [1.807, 2.05) is 6.26 Å². The highest BCUT2D eigenvalue weighted by atomic mass is 32.2. The molecule has 1 fully saturated rings. The molecule has 0 saturated carbocycles. The van der Waals surface area contributed by atoms with Crippen molar-refractivity contribution in [1.82, 2.24) is 9.97 Å². The van der Waals surface area contributed by atoms with Crippen LogP contribution in [0, 0.1) is 5.92 Å². The molecule has 1 saturated heterocycles. The van der Waals surface area contributed by atoms with Crippen molar-refractivity contribution in [2.75, 3.05) is 12.9 Å². The molecule has 3 unspecified atom stereocenters. The standard InChI is InChI=1S/C13H17BN2O2S2/c1-7-3-8(4-17-14)18-11(7)12-10-9(5-20-12)13(19-2)16-6-15-10/h5-8,11H,3-4,14H2,1-2H3. The molecule has 0 bridgehead atoms. The van der Waals surface area contributed by atoms with Crippen molar-refractivity contribution in [3.8, 4) is 0 Å². The molecule has 7 heteroatoms. The van der Waals surface area contributed by atoms with Gasteiger partial charge in [0.1, 0.15) is 11.4 Å². The fourth-order valence-corrected chi connectivity index (χ4v) is 4.54. The summed E-state index contributed by atoms with van der Waals surface area (Å²) in [6.45, 7) is 2.90. The van der Waals surface area contributed by atoms with Gasteiger partial charge in [-0.3, -0.25) is 0 Å². The molecule has 1 aliphatic rings. The third kappa shape index (κ3) is 2.48. The summed E-state index contributed by atoms with van der Waals surface area (Å²) >= 11 is 3.39. The minimum absolute atomic E-state index is 0.127. The van der Waals surface area contributed by atoms with Gasteiger partial charge in [0.2, 0.25) is 0 Å². The maximum atomic E-state index is 6.16. The van der Waals surface area contributed by atoms with Gasteiger partial charge >= 0.3 is 0 Å². The Bertz CT molecular complexity index is 607. The summed E-state index contributed by atoms with van der Waals surface area (Å²) in [5, 5.41) is 4.33. The molecule has 3 atom stereocenters. The zero-order chi connectivity index (χ0) is 14.1. The molecule has 2 aromatic heterocycles. The van der Waals surface area contributed by atoms with Crippen molar-refractivity contribution < 1.29 is 9.39 Å². The highest BCUT2D eigenvalue weighted by Crippen LogP contribution is 2.43. The number of thioether (sulfide) groups is 1. The second-order valence-corrected chi connectivity index (χ2v) is 6.80. The fraction of sp³-hybridized carbons (Fsp3) is 0.538. The van der Waals surface area contributed by atoms with Gasteiger partial charge in [0.15, 0.2) is 0 Å². The van der Waals surface area contributed by atoms with E-state index in [1.54, 1.807) is 37.5 Å². The van der Waals surface area contributed by atoms with Crippen LogP contribution in [0.15, 0.2) is 16.7 Å². The summed E-state index contributed by atoms with van der Waals surface area (Å²) < 4.78 is 11.4. The molecule has 0 amide bonds. The number of rotatable bonds is 4. The van der Waals surface area contributed by atoms with E-state index in [4.69, 9.17) is 9.39 Å². The average molecular weight is 308 g/mol. The van der Waals surface area contributed by atoms with Crippen LogP contribution in [0.2, 0.25) is 0 Å². The van der Waals surface area contributed by atoms with Crippen molar-refractivity contribution in [1.29, 1.82) is 0 Å². The first kappa shape index (κ1) is 14.3. The summed E-state index contributed by atoms with van der Waals surface area (Å²) in [6, 6.07) is 0. The first-order valence-electron chi connectivity index (χ1n) is 6.65.